The second-order valence-electron chi connectivity index (χ2n) is 7.13. The number of aryl methyl sites for hydroxylation is 1. The van der Waals surface area contributed by atoms with Gasteiger partial charge in [0.05, 0.1) is 11.8 Å². The molecule has 1 saturated heterocycles. The van der Waals surface area contributed by atoms with E-state index in [1.807, 2.05) is 31.2 Å². The maximum Gasteiger partial charge on any atom is 0.309 e. The molecule has 7 heteroatoms. The summed E-state index contributed by atoms with van der Waals surface area (Å²) in [5.41, 5.74) is 2.64. The highest BCUT2D eigenvalue weighted by molar-refractivity contribution is 6.35. The summed E-state index contributed by atoms with van der Waals surface area (Å²) in [6.45, 7) is 4.01. The number of likely N-dealkylation sites (tertiary alicyclic amines) is 1. The van der Waals surface area contributed by atoms with Gasteiger partial charge in [-0.3, -0.25) is 14.4 Å². The molecule has 0 radical (unpaired) electrons. The summed E-state index contributed by atoms with van der Waals surface area (Å²) in [5, 5.41) is 5.33. The number of hydrogen-bond acceptors (Lipinski definition) is 4. The van der Waals surface area contributed by atoms with Gasteiger partial charge in [-0.2, -0.15) is 0 Å². The predicted molar refractivity (Wildman–Crippen MR) is 103 cm³/mol. The van der Waals surface area contributed by atoms with Crippen molar-refractivity contribution in [1.29, 1.82) is 0 Å². The lowest BCUT2D eigenvalue weighted by molar-refractivity contribution is -0.139. The molecule has 2 aromatic rings. The first-order chi connectivity index (χ1) is 13.5. The highest BCUT2D eigenvalue weighted by Crippen LogP contribution is 2.18. The van der Waals surface area contributed by atoms with Crippen molar-refractivity contribution >= 4 is 17.7 Å². The Morgan fingerprint density at radius 3 is 2.36 bits per heavy atom. The van der Waals surface area contributed by atoms with Gasteiger partial charge in [0, 0.05) is 26.2 Å². The molecule has 148 valence electrons. The molecule has 2 N–H and O–H groups in total. The van der Waals surface area contributed by atoms with Crippen molar-refractivity contribution in [3.05, 3.63) is 59.5 Å². The third-order valence-electron chi connectivity index (χ3n) is 5.00. The van der Waals surface area contributed by atoms with Crippen LogP contribution in [0.1, 0.15) is 34.3 Å². The van der Waals surface area contributed by atoms with Gasteiger partial charge in [-0.1, -0.05) is 29.8 Å². The minimum absolute atomic E-state index is 0.0354. The van der Waals surface area contributed by atoms with Crippen LogP contribution in [0, 0.1) is 12.8 Å². The number of benzene rings is 1. The zero-order valence-electron chi connectivity index (χ0n) is 15.9. The minimum atomic E-state index is -0.631. The largest absolute Gasteiger partial charge is 0.472 e. The van der Waals surface area contributed by atoms with Crippen molar-refractivity contribution in [3.63, 3.8) is 0 Å². The molecule has 0 saturated carbocycles. The Labute approximate surface area is 164 Å². The van der Waals surface area contributed by atoms with Crippen LogP contribution >= 0.6 is 0 Å². The van der Waals surface area contributed by atoms with Crippen LogP contribution < -0.4 is 10.6 Å². The summed E-state index contributed by atoms with van der Waals surface area (Å²) in [5.74, 6) is -1.04. The summed E-state index contributed by atoms with van der Waals surface area (Å²) >= 11 is 0. The summed E-state index contributed by atoms with van der Waals surface area (Å²) in [6, 6.07) is 9.43. The topological polar surface area (TPSA) is 91.7 Å². The number of furan rings is 1. The second kappa shape index (κ2) is 9.21. The van der Waals surface area contributed by atoms with Gasteiger partial charge in [0.25, 0.3) is 5.91 Å². The number of amides is 3. The Morgan fingerprint density at radius 1 is 1.04 bits per heavy atom. The fourth-order valence-corrected chi connectivity index (χ4v) is 3.19. The highest BCUT2D eigenvalue weighted by atomic mass is 16.3. The SMILES string of the molecule is Cc1ccc(CNC(=O)C(=O)NCC2CCN(C(=O)c3ccoc3)CC2)cc1. The van der Waals surface area contributed by atoms with E-state index in [-0.39, 0.29) is 11.8 Å². The molecule has 1 aliphatic rings. The molecule has 1 aromatic heterocycles. The quantitative estimate of drug-likeness (QED) is 0.771. The van der Waals surface area contributed by atoms with Crippen LogP contribution in [0.15, 0.2) is 47.3 Å². The summed E-state index contributed by atoms with van der Waals surface area (Å²) in [4.78, 5) is 38.0. The van der Waals surface area contributed by atoms with Gasteiger partial charge in [0.1, 0.15) is 6.26 Å². The molecule has 3 amide bonds. The average Bonchev–Trinajstić information content (AvgIpc) is 3.26. The lowest BCUT2D eigenvalue weighted by atomic mass is 9.96. The van der Waals surface area contributed by atoms with E-state index >= 15 is 0 Å². The van der Waals surface area contributed by atoms with E-state index in [9.17, 15) is 14.4 Å². The molecule has 0 atom stereocenters. The molecule has 3 rings (SSSR count). The van der Waals surface area contributed by atoms with Crippen molar-refractivity contribution in [1.82, 2.24) is 15.5 Å². The molecule has 1 aromatic carbocycles. The maximum absolute atomic E-state index is 12.3. The predicted octanol–water partition coefficient (Wildman–Crippen LogP) is 1.87. The van der Waals surface area contributed by atoms with Crippen LogP contribution in [-0.4, -0.2) is 42.3 Å². The Morgan fingerprint density at radius 2 is 1.71 bits per heavy atom. The first kappa shape index (κ1) is 19.7. The van der Waals surface area contributed by atoms with Gasteiger partial charge < -0.3 is 20.0 Å². The van der Waals surface area contributed by atoms with Crippen molar-refractivity contribution in [2.45, 2.75) is 26.3 Å². The lowest BCUT2D eigenvalue weighted by Gasteiger charge is -2.31. The van der Waals surface area contributed by atoms with Gasteiger partial charge in [-0.15, -0.1) is 0 Å². The second-order valence-corrected chi connectivity index (χ2v) is 7.13. The number of hydrogen-bond donors (Lipinski definition) is 2. The Bertz CT molecular complexity index is 807. The smallest absolute Gasteiger partial charge is 0.309 e. The molecule has 1 aliphatic heterocycles. The van der Waals surface area contributed by atoms with E-state index in [4.69, 9.17) is 4.42 Å². The average molecular weight is 383 g/mol. The van der Waals surface area contributed by atoms with Gasteiger partial charge in [0.15, 0.2) is 0 Å². The maximum atomic E-state index is 12.3. The van der Waals surface area contributed by atoms with Gasteiger partial charge in [-0.25, -0.2) is 0 Å². The first-order valence-corrected chi connectivity index (χ1v) is 9.46. The van der Waals surface area contributed by atoms with E-state index in [1.54, 1.807) is 11.0 Å². The molecule has 7 nitrogen and oxygen atoms in total. The Balaban J connectivity index is 1.36. The van der Waals surface area contributed by atoms with Gasteiger partial charge >= 0.3 is 11.8 Å². The van der Waals surface area contributed by atoms with Gasteiger partial charge in [-0.05, 0) is 37.3 Å². The first-order valence-electron chi connectivity index (χ1n) is 9.46. The van der Waals surface area contributed by atoms with Crippen LogP contribution in [0.3, 0.4) is 0 Å². The minimum Gasteiger partial charge on any atom is -0.472 e. The fourth-order valence-electron chi connectivity index (χ4n) is 3.19. The van der Waals surface area contributed by atoms with Crippen LogP contribution in [0.25, 0.3) is 0 Å². The summed E-state index contributed by atoms with van der Waals surface area (Å²) in [6.07, 6.45) is 4.51. The summed E-state index contributed by atoms with van der Waals surface area (Å²) in [7, 11) is 0. The van der Waals surface area contributed by atoms with Crippen molar-refractivity contribution in [2.24, 2.45) is 5.92 Å². The molecule has 0 bridgehead atoms. The fraction of sp³-hybridized carbons (Fsp3) is 0.381. The van der Waals surface area contributed by atoms with Crippen molar-refractivity contribution in [2.75, 3.05) is 19.6 Å². The van der Waals surface area contributed by atoms with E-state index < -0.39 is 11.8 Å². The molecule has 1 fully saturated rings. The van der Waals surface area contributed by atoms with E-state index in [0.717, 1.165) is 24.0 Å². The number of nitrogens with one attached hydrogen (secondary N) is 2. The molecular formula is C21H25N3O4. The highest BCUT2D eigenvalue weighted by Gasteiger charge is 2.25. The van der Waals surface area contributed by atoms with E-state index in [2.05, 4.69) is 10.6 Å². The van der Waals surface area contributed by atoms with Crippen LogP contribution in [0.5, 0.6) is 0 Å². The lowest BCUT2D eigenvalue weighted by Crippen LogP contribution is -2.44. The van der Waals surface area contributed by atoms with Crippen molar-refractivity contribution < 1.29 is 18.8 Å². The number of carbonyl (C=O) groups excluding carboxylic acids is 3. The third kappa shape index (κ3) is 5.22. The van der Waals surface area contributed by atoms with E-state index in [1.165, 1.54) is 12.5 Å². The molecule has 0 unspecified atom stereocenters. The van der Waals surface area contributed by atoms with Crippen LogP contribution in [0.4, 0.5) is 0 Å². The molecular weight excluding hydrogens is 358 g/mol. The normalized spacial score (nSPS) is 14.5. The summed E-state index contributed by atoms with van der Waals surface area (Å²) < 4.78 is 4.96. The number of nitrogens with zero attached hydrogens (tertiary/aromatic N) is 1. The monoisotopic (exact) mass is 383 g/mol. The Hall–Kier alpha value is -3.09. The van der Waals surface area contributed by atoms with Crippen LogP contribution in [-0.2, 0) is 16.1 Å². The zero-order valence-corrected chi connectivity index (χ0v) is 15.9. The standard InChI is InChI=1S/C21H25N3O4/c1-15-2-4-16(5-3-15)12-22-19(25)20(26)23-13-17-6-9-24(10-7-17)21(27)18-8-11-28-14-18/h2-5,8,11,14,17H,6-7,9-10,12-13H2,1H3,(H,22,25)(H,23,26). The number of piperidine rings is 1. The van der Waals surface area contributed by atoms with Gasteiger partial charge in [0.2, 0.25) is 0 Å². The van der Waals surface area contributed by atoms with Crippen molar-refractivity contribution in [3.8, 4) is 0 Å². The zero-order chi connectivity index (χ0) is 19.9. The third-order valence-corrected chi connectivity index (χ3v) is 5.00. The molecule has 28 heavy (non-hydrogen) atoms. The molecule has 0 spiro atoms. The molecule has 0 aliphatic carbocycles. The van der Waals surface area contributed by atoms with Crippen LogP contribution in [0.2, 0.25) is 0 Å². The number of carbonyl (C=O) groups is 3. The number of rotatable bonds is 5. The Kier molecular flexibility index (Phi) is 6.47. The molecule has 2 heterocycles. The van der Waals surface area contributed by atoms with E-state index in [0.29, 0.717) is 31.7 Å².